The number of aryl methyl sites for hydroxylation is 1. The minimum atomic E-state index is -2.94. The molecule has 1 fully saturated rings. The lowest BCUT2D eigenvalue weighted by Gasteiger charge is -2.12. The Balaban J connectivity index is 2.03. The van der Waals surface area contributed by atoms with Gasteiger partial charge in [0.2, 0.25) is 11.8 Å². The first-order valence-electron chi connectivity index (χ1n) is 6.45. The molecule has 0 amide bonds. The smallest absolute Gasteiger partial charge is 0.226 e. The Morgan fingerprint density at radius 1 is 1.47 bits per heavy atom. The third kappa shape index (κ3) is 3.56. The molecule has 1 saturated heterocycles. The van der Waals surface area contributed by atoms with Crippen molar-refractivity contribution in [3.8, 4) is 5.88 Å². The van der Waals surface area contributed by atoms with Crippen LogP contribution < -0.4 is 10.1 Å². The van der Waals surface area contributed by atoms with Crippen molar-refractivity contribution < 1.29 is 13.2 Å². The normalized spacial score (nSPS) is 21.3. The monoisotopic (exact) mass is 285 g/mol. The summed E-state index contributed by atoms with van der Waals surface area (Å²) < 4.78 is 28.8. The standard InChI is InChI=1S/C12H19N3O3S/c1-3-18-11-7-9(2)14-12(15-11)13-8-10-5-4-6-19(10,16)17/h7,10H,3-6,8H2,1-2H3,(H,13,14,15). The van der Waals surface area contributed by atoms with Crippen LogP contribution in [0.15, 0.2) is 6.07 Å². The lowest BCUT2D eigenvalue weighted by Crippen LogP contribution is -2.25. The molecule has 0 aromatic carbocycles. The summed E-state index contributed by atoms with van der Waals surface area (Å²) in [4.78, 5) is 8.42. The molecule has 2 rings (SSSR count). The van der Waals surface area contributed by atoms with Crippen LogP contribution in [-0.2, 0) is 9.84 Å². The summed E-state index contributed by atoms with van der Waals surface area (Å²) in [6.07, 6.45) is 1.45. The van der Waals surface area contributed by atoms with E-state index in [-0.39, 0.29) is 11.0 Å². The molecule has 1 aromatic rings. The largest absolute Gasteiger partial charge is 0.478 e. The molecule has 2 heterocycles. The Hall–Kier alpha value is -1.37. The number of nitrogens with one attached hydrogen (secondary N) is 1. The topological polar surface area (TPSA) is 81.2 Å². The SMILES string of the molecule is CCOc1cc(C)nc(NCC2CCCS2(=O)=O)n1. The van der Waals surface area contributed by atoms with Gasteiger partial charge in [0.15, 0.2) is 9.84 Å². The van der Waals surface area contributed by atoms with E-state index in [4.69, 9.17) is 4.74 Å². The van der Waals surface area contributed by atoms with Crippen LogP contribution in [0.4, 0.5) is 5.95 Å². The number of anilines is 1. The Morgan fingerprint density at radius 3 is 2.89 bits per heavy atom. The van der Waals surface area contributed by atoms with Gasteiger partial charge in [0.1, 0.15) is 0 Å². The number of rotatable bonds is 5. The van der Waals surface area contributed by atoms with E-state index in [1.54, 1.807) is 6.07 Å². The van der Waals surface area contributed by atoms with Crippen molar-refractivity contribution in [2.45, 2.75) is 31.9 Å². The quantitative estimate of drug-likeness (QED) is 0.874. The molecule has 0 spiro atoms. The molecule has 0 radical (unpaired) electrons. The van der Waals surface area contributed by atoms with Crippen LogP contribution in [0.2, 0.25) is 0 Å². The molecule has 7 heteroatoms. The van der Waals surface area contributed by atoms with E-state index in [1.807, 2.05) is 13.8 Å². The highest BCUT2D eigenvalue weighted by Crippen LogP contribution is 2.20. The summed E-state index contributed by atoms with van der Waals surface area (Å²) in [5.74, 6) is 1.22. The molecule has 1 N–H and O–H groups in total. The van der Waals surface area contributed by atoms with E-state index in [1.165, 1.54) is 0 Å². The summed E-state index contributed by atoms with van der Waals surface area (Å²) in [5.41, 5.74) is 0.787. The maximum Gasteiger partial charge on any atom is 0.226 e. The third-order valence-corrected chi connectivity index (χ3v) is 5.35. The predicted octanol–water partition coefficient (Wildman–Crippen LogP) is 1.17. The number of sulfone groups is 1. The zero-order valence-corrected chi connectivity index (χ0v) is 12.0. The van der Waals surface area contributed by atoms with Crippen LogP contribution in [0.5, 0.6) is 5.88 Å². The van der Waals surface area contributed by atoms with E-state index in [2.05, 4.69) is 15.3 Å². The van der Waals surface area contributed by atoms with Crippen LogP contribution in [0, 0.1) is 6.92 Å². The molecule has 106 valence electrons. The molecular weight excluding hydrogens is 266 g/mol. The molecule has 0 aliphatic carbocycles. The van der Waals surface area contributed by atoms with Crippen molar-refractivity contribution in [1.82, 2.24) is 9.97 Å². The minimum absolute atomic E-state index is 0.290. The molecular formula is C12H19N3O3S. The van der Waals surface area contributed by atoms with Gasteiger partial charge < -0.3 is 10.1 Å². The second-order valence-corrected chi connectivity index (χ2v) is 7.02. The molecule has 0 saturated carbocycles. The lowest BCUT2D eigenvalue weighted by molar-refractivity contribution is 0.326. The van der Waals surface area contributed by atoms with Crippen molar-refractivity contribution in [2.24, 2.45) is 0 Å². The number of hydrogen-bond donors (Lipinski definition) is 1. The van der Waals surface area contributed by atoms with Gasteiger partial charge in [-0.1, -0.05) is 0 Å². The first-order chi connectivity index (χ1) is 9.01. The van der Waals surface area contributed by atoms with Gasteiger partial charge in [-0.05, 0) is 26.7 Å². The van der Waals surface area contributed by atoms with E-state index < -0.39 is 9.84 Å². The van der Waals surface area contributed by atoms with Crippen molar-refractivity contribution in [3.63, 3.8) is 0 Å². The van der Waals surface area contributed by atoms with E-state index in [0.29, 0.717) is 31.4 Å². The average Bonchev–Trinajstić information content (AvgIpc) is 2.65. The Bertz CT molecular complexity index is 545. The molecule has 1 aliphatic heterocycles. The molecule has 6 nitrogen and oxygen atoms in total. The fourth-order valence-electron chi connectivity index (χ4n) is 2.13. The Morgan fingerprint density at radius 2 is 2.26 bits per heavy atom. The van der Waals surface area contributed by atoms with Crippen LogP contribution in [0.1, 0.15) is 25.5 Å². The van der Waals surface area contributed by atoms with Crippen molar-refractivity contribution in [2.75, 3.05) is 24.2 Å². The zero-order valence-electron chi connectivity index (χ0n) is 11.2. The maximum atomic E-state index is 11.7. The Kier molecular flexibility index (Phi) is 4.24. The first kappa shape index (κ1) is 14.0. The highest BCUT2D eigenvalue weighted by Gasteiger charge is 2.31. The molecule has 1 aromatic heterocycles. The van der Waals surface area contributed by atoms with Gasteiger partial charge >= 0.3 is 0 Å². The summed E-state index contributed by atoms with van der Waals surface area (Å²) in [5, 5.41) is 2.67. The maximum absolute atomic E-state index is 11.7. The zero-order chi connectivity index (χ0) is 13.9. The molecule has 0 bridgehead atoms. The summed E-state index contributed by atoms with van der Waals surface area (Å²) in [6.45, 7) is 4.63. The van der Waals surface area contributed by atoms with Gasteiger partial charge in [0.05, 0.1) is 17.6 Å². The summed E-state index contributed by atoms with van der Waals surface area (Å²) >= 11 is 0. The number of aromatic nitrogens is 2. The molecule has 19 heavy (non-hydrogen) atoms. The van der Waals surface area contributed by atoms with Gasteiger partial charge in [-0.15, -0.1) is 0 Å². The summed E-state index contributed by atoms with van der Waals surface area (Å²) in [7, 11) is -2.94. The highest BCUT2D eigenvalue weighted by atomic mass is 32.2. The van der Waals surface area contributed by atoms with E-state index >= 15 is 0 Å². The lowest BCUT2D eigenvalue weighted by atomic mass is 10.2. The predicted molar refractivity (Wildman–Crippen MR) is 73.2 cm³/mol. The second-order valence-electron chi connectivity index (χ2n) is 4.62. The van der Waals surface area contributed by atoms with Gasteiger partial charge in [-0.3, -0.25) is 0 Å². The second kappa shape index (κ2) is 5.73. The van der Waals surface area contributed by atoms with Crippen molar-refractivity contribution in [1.29, 1.82) is 0 Å². The number of ether oxygens (including phenoxy) is 1. The molecule has 1 atom stereocenters. The third-order valence-electron chi connectivity index (χ3n) is 3.07. The van der Waals surface area contributed by atoms with Crippen LogP contribution in [0.3, 0.4) is 0 Å². The van der Waals surface area contributed by atoms with Gasteiger partial charge in [-0.2, -0.15) is 4.98 Å². The average molecular weight is 285 g/mol. The minimum Gasteiger partial charge on any atom is -0.478 e. The number of hydrogen-bond acceptors (Lipinski definition) is 6. The van der Waals surface area contributed by atoms with Crippen molar-refractivity contribution in [3.05, 3.63) is 11.8 Å². The summed E-state index contributed by atoms with van der Waals surface area (Å²) in [6, 6.07) is 1.75. The molecule has 1 aliphatic rings. The van der Waals surface area contributed by atoms with Crippen LogP contribution in [0.25, 0.3) is 0 Å². The first-order valence-corrected chi connectivity index (χ1v) is 8.16. The molecule has 1 unspecified atom stereocenters. The van der Waals surface area contributed by atoms with Crippen LogP contribution in [-0.4, -0.2) is 42.5 Å². The van der Waals surface area contributed by atoms with Crippen LogP contribution >= 0.6 is 0 Å². The van der Waals surface area contributed by atoms with Gasteiger partial charge in [0, 0.05) is 18.3 Å². The van der Waals surface area contributed by atoms with Gasteiger partial charge in [-0.25, -0.2) is 13.4 Å². The fraction of sp³-hybridized carbons (Fsp3) is 0.667. The number of nitrogens with zero attached hydrogens (tertiary/aromatic N) is 2. The Labute approximate surface area is 113 Å². The fourth-order valence-corrected chi connectivity index (χ4v) is 3.90. The van der Waals surface area contributed by atoms with E-state index in [9.17, 15) is 8.42 Å². The highest BCUT2D eigenvalue weighted by molar-refractivity contribution is 7.92. The van der Waals surface area contributed by atoms with Gasteiger partial charge in [0.25, 0.3) is 0 Å². The van der Waals surface area contributed by atoms with Crippen molar-refractivity contribution >= 4 is 15.8 Å². The van der Waals surface area contributed by atoms with E-state index in [0.717, 1.165) is 12.1 Å².